The minimum absolute atomic E-state index is 0. The molecule has 2 aromatic rings. The molecule has 2 aliphatic heterocycles. The molecule has 0 aliphatic carbocycles. The van der Waals surface area contributed by atoms with Gasteiger partial charge in [0.15, 0.2) is 17.5 Å². The summed E-state index contributed by atoms with van der Waals surface area (Å²) < 4.78 is 24.8. The minimum Gasteiger partial charge on any atom is -0.454 e. The van der Waals surface area contributed by atoms with Crippen molar-refractivity contribution in [2.75, 3.05) is 44.9 Å². The van der Waals surface area contributed by atoms with Gasteiger partial charge in [-0.2, -0.15) is 0 Å². The van der Waals surface area contributed by atoms with Gasteiger partial charge in [0.1, 0.15) is 5.82 Å². The third-order valence-electron chi connectivity index (χ3n) is 4.87. The second-order valence-corrected chi connectivity index (χ2v) is 6.51. The number of hydrogen-bond acceptors (Lipinski definition) is 4. The third-order valence-corrected chi connectivity index (χ3v) is 4.87. The van der Waals surface area contributed by atoms with Gasteiger partial charge in [-0.05, 0) is 29.8 Å². The van der Waals surface area contributed by atoms with Gasteiger partial charge in [-0.25, -0.2) is 4.39 Å². The van der Waals surface area contributed by atoms with Crippen molar-refractivity contribution in [2.45, 2.75) is 6.54 Å². The van der Waals surface area contributed by atoms with E-state index < -0.39 is 0 Å². The number of ether oxygens (including phenoxy) is 2. The summed E-state index contributed by atoms with van der Waals surface area (Å²) in [6.45, 7) is 4.01. The first-order valence-electron chi connectivity index (χ1n) is 9.08. The summed E-state index contributed by atoms with van der Waals surface area (Å²) in [4.78, 5) is 8.68. The summed E-state index contributed by atoms with van der Waals surface area (Å²) in [5, 5.41) is 3.40. The van der Waals surface area contributed by atoms with Gasteiger partial charge in [0.05, 0.1) is 5.69 Å². The van der Waals surface area contributed by atoms with Gasteiger partial charge in [0.2, 0.25) is 6.79 Å². The number of aliphatic imine (C=N–C) groups is 1. The molecule has 1 N–H and O–H groups in total. The summed E-state index contributed by atoms with van der Waals surface area (Å²) in [5.74, 6) is 2.24. The molecule has 28 heavy (non-hydrogen) atoms. The topological polar surface area (TPSA) is 49.3 Å². The normalized spacial score (nSPS) is 16.0. The molecular weight excluding hydrogens is 474 g/mol. The van der Waals surface area contributed by atoms with Crippen molar-refractivity contribution in [2.24, 2.45) is 4.99 Å². The lowest BCUT2D eigenvalue weighted by molar-refractivity contribution is 0.174. The van der Waals surface area contributed by atoms with Crippen molar-refractivity contribution < 1.29 is 13.9 Å². The maximum Gasteiger partial charge on any atom is 0.231 e. The lowest BCUT2D eigenvalue weighted by Gasteiger charge is -2.37. The van der Waals surface area contributed by atoms with Crippen molar-refractivity contribution in [3.05, 3.63) is 53.8 Å². The fourth-order valence-electron chi connectivity index (χ4n) is 3.43. The number of rotatable bonds is 3. The number of benzene rings is 2. The van der Waals surface area contributed by atoms with Crippen LogP contribution >= 0.6 is 24.0 Å². The number of para-hydroxylation sites is 1. The fourth-order valence-corrected chi connectivity index (χ4v) is 3.43. The Morgan fingerprint density at radius 3 is 2.57 bits per heavy atom. The van der Waals surface area contributed by atoms with E-state index in [2.05, 4.69) is 20.1 Å². The highest BCUT2D eigenvalue weighted by Gasteiger charge is 2.21. The smallest absolute Gasteiger partial charge is 0.231 e. The van der Waals surface area contributed by atoms with Crippen LogP contribution in [0.2, 0.25) is 0 Å². The van der Waals surface area contributed by atoms with E-state index in [1.54, 1.807) is 13.1 Å². The standard InChI is InChI=1S/C20H23FN4O2.HI/c1-22-20(23-13-15-6-7-18-19(12-15)27-14-26-18)25-10-8-24(9-11-25)17-5-3-2-4-16(17)21;/h2-7,12H,8-11,13-14H2,1H3,(H,22,23);1H. The predicted molar refractivity (Wildman–Crippen MR) is 118 cm³/mol. The highest BCUT2D eigenvalue weighted by atomic mass is 127. The van der Waals surface area contributed by atoms with E-state index >= 15 is 0 Å². The van der Waals surface area contributed by atoms with Crippen LogP contribution in [0.3, 0.4) is 0 Å². The van der Waals surface area contributed by atoms with Crippen LogP contribution in [0.1, 0.15) is 5.56 Å². The maximum absolute atomic E-state index is 14.0. The van der Waals surface area contributed by atoms with Crippen molar-refractivity contribution in [3.63, 3.8) is 0 Å². The first-order valence-corrected chi connectivity index (χ1v) is 9.08. The molecule has 1 fully saturated rings. The van der Waals surface area contributed by atoms with Gasteiger partial charge in [-0.3, -0.25) is 4.99 Å². The second-order valence-electron chi connectivity index (χ2n) is 6.51. The van der Waals surface area contributed by atoms with Crippen LogP contribution in [0.15, 0.2) is 47.5 Å². The van der Waals surface area contributed by atoms with E-state index in [0.717, 1.165) is 49.2 Å². The zero-order chi connectivity index (χ0) is 18.6. The Morgan fingerprint density at radius 1 is 1.07 bits per heavy atom. The Hall–Kier alpha value is -2.23. The van der Waals surface area contributed by atoms with Crippen LogP contribution in [-0.4, -0.2) is 50.9 Å². The van der Waals surface area contributed by atoms with Gasteiger partial charge < -0.3 is 24.6 Å². The monoisotopic (exact) mass is 498 g/mol. The Labute approximate surface area is 181 Å². The van der Waals surface area contributed by atoms with E-state index in [9.17, 15) is 4.39 Å². The molecule has 0 saturated carbocycles. The molecule has 2 heterocycles. The van der Waals surface area contributed by atoms with Gasteiger partial charge in [-0.15, -0.1) is 24.0 Å². The van der Waals surface area contributed by atoms with E-state index in [1.807, 2.05) is 30.3 Å². The second kappa shape index (κ2) is 9.31. The Morgan fingerprint density at radius 2 is 1.82 bits per heavy atom. The molecule has 0 bridgehead atoms. The molecule has 4 rings (SSSR count). The molecule has 2 aliphatic rings. The first-order chi connectivity index (χ1) is 13.2. The van der Waals surface area contributed by atoms with Crippen molar-refractivity contribution in [1.29, 1.82) is 0 Å². The molecule has 0 spiro atoms. The number of fused-ring (bicyclic) bond motifs is 1. The van der Waals surface area contributed by atoms with Gasteiger partial charge in [-0.1, -0.05) is 18.2 Å². The highest BCUT2D eigenvalue weighted by molar-refractivity contribution is 14.0. The summed E-state index contributed by atoms with van der Waals surface area (Å²) in [5.41, 5.74) is 1.77. The van der Waals surface area contributed by atoms with Gasteiger partial charge in [0.25, 0.3) is 0 Å². The zero-order valence-electron chi connectivity index (χ0n) is 15.7. The molecular formula is C20H24FIN4O2. The van der Waals surface area contributed by atoms with E-state index in [4.69, 9.17) is 9.47 Å². The molecule has 8 heteroatoms. The Balaban J connectivity index is 0.00000225. The summed E-state index contributed by atoms with van der Waals surface area (Å²) in [6.07, 6.45) is 0. The molecule has 0 unspecified atom stereocenters. The van der Waals surface area contributed by atoms with Crippen molar-refractivity contribution in [3.8, 4) is 11.5 Å². The highest BCUT2D eigenvalue weighted by Crippen LogP contribution is 2.32. The van der Waals surface area contributed by atoms with Crippen LogP contribution in [0.5, 0.6) is 11.5 Å². The minimum atomic E-state index is -0.170. The number of anilines is 1. The quantitative estimate of drug-likeness (QED) is 0.401. The molecule has 0 atom stereocenters. The number of halogens is 2. The summed E-state index contributed by atoms with van der Waals surface area (Å²) >= 11 is 0. The number of guanidine groups is 1. The Bertz CT molecular complexity index is 841. The summed E-state index contributed by atoms with van der Waals surface area (Å²) in [7, 11) is 1.78. The average Bonchev–Trinajstić information content (AvgIpc) is 3.17. The molecule has 6 nitrogen and oxygen atoms in total. The molecule has 150 valence electrons. The number of nitrogens with zero attached hydrogens (tertiary/aromatic N) is 3. The number of hydrogen-bond donors (Lipinski definition) is 1. The average molecular weight is 498 g/mol. The molecule has 0 radical (unpaired) electrons. The predicted octanol–water partition coefficient (Wildman–Crippen LogP) is 3.07. The van der Waals surface area contributed by atoms with Crippen LogP contribution in [0.25, 0.3) is 0 Å². The fraction of sp³-hybridized carbons (Fsp3) is 0.350. The number of nitrogens with one attached hydrogen (secondary N) is 1. The lowest BCUT2D eigenvalue weighted by atomic mass is 10.2. The summed E-state index contributed by atoms with van der Waals surface area (Å²) in [6, 6.07) is 12.9. The van der Waals surface area contributed by atoms with E-state index in [-0.39, 0.29) is 36.6 Å². The molecule has 0 amide bonds. The zero-order valence-corrected chi connectivity index (χ0v) is 18.1. The van der Waals surface area contributed by atoms with Gasteiger partial charge in [0, 0.05) is 39.8 Å². The molecule has 1 saturated heterocycles. The lowest BCUT2D eigenvalue weighted by Crippen LogP contribution is -2.52. The van der Waals surface area contributed by atoms with E-state index in [0.29, 0.717) is 12.2 Å². The van der Waals surface area contributed by atoms with Crippen LogP contribution in [-0.2, 0) is 6.54 Å². The largest absolute Gasteiger partial charge is 0.454 e. The van der Waals surface area contributed by atoms with E-state index in [1.165, 1.54) is 6.07 Å². The molecule has 2 aromatic carbocycles. The van der Waals surface area contributed by atoms with Crippen molar-refractivity contribution >= 4 is 35.6 Å². The first kappa shape index (κ1) is 20.5. The maximum atomic E-state index is 14.0. The Kier molecular flexibility index (Phi) is 6.82. The van der Waals surface area contributed by atoms with Crippen LogP contribution in [0.4, 0.5) is 10.1 Å². The third kappa shape index (κ3) is 4.43. The van der Waals surface area contributed by atoms with Gasteiger partial charge >= 0.3 is 0 Å². The van der Waals surface area contributed by atoms with Crippen LogP contribution in [0, 0.1) is 5.82 Å². The van der Waals surface area contributed by atoms with Crippen molar-refractivity contribution in [1.82, 2.24) is 10.2 Å². The molecule has 0 aromatic heterocycles. The van der Waals surface area contributed by atoms with Crippen LogP contribution < -0.4 is 19.7 Å². The SMILES string of the molecule is CN=C(NCc1ccc2c(c1)OCO2)N1CCN(c2ccccc2F)CC1.I. The number of piperazine rings is 1.